The van der Waals surface area contributed by atoms with Crippen LogP contribution in [-0.4, -0.2) is 9.97 Å². The van der Waals surface area contributed by atoms with Crippen LogP contribution in [0.2, 0.25) is 0 Å². The molecular formula is C47H27N3O. The van der Waals surface area contributed by atoms with Crippen LogP contribution in [0.25, 0.3) is 99.3 Å². The highest BCUT2D eigenvalue weighted by molar-refractivity contribution is 6.24. The Morgan fingerprint density at radius 3 is 1.69 bits per heavy atom. The number of hydrogen-bond donors (Lipinski definition) is 0. The lowest BCUT2D eigenvalue weighted by Gasteiger charge is -2.18. The van der Waals surface area contributed by atoms with Gasteiger partial charge in [-0.1, -0.05) is 140 Å². The Morgan fingerprint density at radius 1 is 0.431 bits per heavy atom. The third-order valence-corrected chi connectivity index (χ3v) is 9.91. The van der Waals surface area contributed by atoms with E-state index in [2.05, 4.69) is 91.0 Å². The average Bonchev–Trinajstić information content (AvgIpc) is 3.59. The summed E-state index contributed by atoms with van der Waals surface area (Å²) in [5.74, 6) is 0. The van der Waals surface area contributed by atoms with Crippen LogP contribution in [0.1, 0.15) is 5.56 Å². The molecule has 236 valence electrons. The highest BCUT2D eigenvalue weighted by Crippen LogP contribution is 2.47. The summed E-state index contributed by atoms with van der Waals surface area (Å²) >= 11 is 0. The maximum Gasteiger partial charge on any atom is 0.143 e. The molecule has 0 atom stereocenters. The van der Waals surface area contributed by atoms with Gasteiger partial charge >= 0.3 is 0 Å². The molecule has 0 spiro atoms. The van der Waals surface area contributed by atoms with Gasteiger partial charge in [-0.25, -0.2) is 9.97 Å². The van der Waals surface area contributed by atoms with Gasteiger partial charge in [0, 0.05) is 33.0 Å². The third-order valence-electron chi connectivity index (χ3n) is 9.91. The summed E-state index contributed by atoms with van der Waals surface area (Å²) in [6.07, 6.45) is 0. The van der Waals surface area contributed by atoms with Crippen molar-refractivity contribution in [2.75, 3.05) is 0 Å². The number of aromatic nitrogens is 2. The summed E-state index contributed by atoms with van der Waals surface area (Å²) in [6, 6.07) is 58.4. The first kappa shape index (κ1) is 28.9. The topological polar surface area (TPSA) is 62.7 Å². The van der Waals surface area contributed by atoms with Crippen LogP contribution in [0.15, 0.2) is 168 Å². The minimum Gasteiger partial charge on any atom is -0.455 e. The molecule has 0 bridgehead atoms. The monoisotopic (exact) mass is 649 g/mol. The minimum absolute atomic E-state index is 0.540. The number of nitriles is 1. The molecule has 0 aliphatic carbocycles. The molecule has 2 heterocycles. The van der Waals surface area contributed by atoms with E-state index in [0.29, 0.717) is 11.3 Å². The number of furan rings is 1. The molecular weight excluding hydrogens is 623 g/mol. The number of rotatable bonds is 4. The lowest BCUT2D eigenvalue weighted by Crippen LogP contribution is -1.98. The van der Waals surface area contributed by atoms with E-state index in [0.717, 1.165) is 93.6 Å². The van der Waals surface area contributed by atoms with Gasteiger partial charge in [0.15, 0.2) is 0 Å². The van der Waals surface area contributed by atoms with Crippen LogP contribution in [0.4, 0.5) is 0 Å². The summed E-state index contributed by atoms with van der Waals surface area (Å²) in [7, 11) is 0. The van der Waals surface area contributed by atoms with Crippen molar-refractivity contribution in [2.45, 2.75) is 0 Å². The van der Waals surface area contributed by atoms with E-state index >= 15 is 0 Å². The number of para-hydroxylation sites is 4. The van der Waals surface area contributed by atoms with Crippen molar-refractivity contribution in [1.82, 2.24) is 9.97 Å². The molecule has 10 aromatic rings. The van der Waals surface area contributed by atoms with Crippen LogP contribution < -0.4 is 0 Å². The van der Waals surface area contributed by atoms with E-state index in [9.17, 15) is 5.26 Å². The number of fused-ring (bicyclic) bond motifs is 6. The van der Waals surface area contributed by atoms with Gasteiger partial charge in [0.05, 0.1) is 34.1 Å². The first-order valence-electron chi connectivity index (χ1n) is 17.0. The average molecular weight is 650 g/mol. The quantitative estimate of drug-likeness (QED) is 0.178. The van der Waals surface area contributed by atoms with Crippen molar-refractivity contribution < 1.29 is 4.42 Å². The molecule has 0 saturated heterocycles. The zero-order valence-corrected chi connectivity index (χ0v) is 27.3. The molecule has 0 aliphatic rings. The second kappa shape index (κ2) is 11.5. The molecule has 51 heavy (non-hydrogen) atoms. The van der Waals surface area contributed by atoms with Gasteiger partial charge in [0.1, 0.15) is 11.2 Å². The Morgan fingerprint density at radius 2 is 1.00 bits per heavy atom. The smallest absolute Gasteiger partial charge is 0.143 e. The van der Waals surface area contributed by atoms with E-state index in [1.54, 1.807) is 0 Å². The van der Waals surface area contributed by atoms with Crippen LogP contribution >= 0.6 is 0 Å². The molecule has 0 saturated carbocycles. The van der Waals surface area contributed by atoms with Crippen molar-refractivity contribution >= 4 is 54.5 Å². The predicted octanol–water partition coefficient (Wildman–Crippen LogP) is 12.4. The van der Waals surface area contributed by atoms with Crippen molar-refractivity contribution in [3.05, 3.63) is 169 Å². The van der Waals surface area contributed by atoms with E-state index in [4.69, 9.17) is 14.4 Å². The fraction of sp³-hybridized carbons (Fsp3) is 0. The summed E-state index contributed by atoms with van der Waals surface area (Å²) in [4.78, 5) is 10.1. The lowest BCUT2D eigenvalue weighted by molar-refractivity contribution is 0.670. The zero-order valence-electron chi connectivity index (χ0n) is 27.3. The van der Waals surface area contributed by atoms with Gasteiger partial charge in [-0.05, 0) is 56.9 Å². The standard InChI is InChI=1S/C47H27N3O/c48-28-31-27-30(25-26-32(31)46-45(29-13-2-1-3-14-29)49-40-22-9-10-23-41(40)50-46)43-34-16-4-6-18-36(34)44(37-19-7-5-17-35(37)43)39-21-12-20-38-33-15-8-11-24-42(33)51-47(38)39/h1-27H. The fourth-order valence-electron chi connectivity index (χ4n) is 7.66. The number of benzene rings is 8. The molecule has 10 rings (SSSR count). The van der Waals surface area contributed by atoms with Crippen LogP contribution in [0, 0.1) is 11.3 Å². The molecule has 2 aromatic heterocycles. The molecule has 4 nitrogen and oxygen atoms in total. The number of nitrogens with zero attached hydrogens (tertiary/aromatic N) is 3. The normalized spacial score (nSPS) is 11.5. The Bertz CT molecular complexity index is 2990. The largest absolute Gasteiger partial charge is 0.455 e. The van der Waals surface area contributed by atoms with E-state index < -0.39 is 0 Å². The van der Waals surface area contributed by atoms with E-state index in [1.165, 1.54) is 0 Å². The lowest BCUT2D eigenvalue weighted by atomic mass is 9.85. The van der Waals surface area contributed by atoms with Crippen LogP contribution in [0.5, 0.6) is 0 Å². The SMILES string of the molecule is N#Cc1cc(-c2c3ccccc3c(-c3cccc4c3oc3ccccc34)c3ccccc23)ccc1-c1nc2ccccc2nc1-c1ccccc1. The van der Waals surface area contributed by atoms with E-state index in [1.807, 2.05) is 78.9 Å². The van der Waals surface area contributed by atoms with Crippen molar-refractivity contribution in [3.8, 4) is 50.8 Å². The molecule has 0 unspecified atom stereocenters. The maximum absolute atomic E-state index is 10.7. The Kier molecular flexibility index (Phi) is 6.52. The third kappa shape index (κ3) is 4.53. The van der Waals surface area contributed by atoms with Crippen molar-refractivity contribution in [2.24, 2.45) is 0 Å². The fourth-order valence-corrected chi connectivity index (χ4v) is 7.66. The van der Waals surface area contributed by atoms with Gasteiger partial charge in [-0.2, -0.15) is 5.26 Å². The molecule has 8 aromatic carbocycles. The van der Waals surface area contributed by atoms with E-state index in [-0.39, 0.29) is 0 Å². The summed E-state index contributed by atoms with van der Waals surface area (Å²) in [5, 5.41) is 17.3. The molecule has 0 fully saturated rings. The number of hydrogen-bond acceptors (Lipinski definition) is 4. The Labute approximate surface area is 293 Å². The summed E-state index contributed by atoms with van der Waals surface area (Å²) < 4.78 is 6.56. The van der Waals surface area contributed by atoms with Crippen molar-refractivity contribution in [1.29, 1.82) is 5.26 Å². The molecule has 0 radical (unpaired) electrons. The van der Waals surface area contributed by atoms with Crippen LogP contribution in [0.3, 0.4) is 0 Å². The Balaban J connectivity index is 1.23. The predicted molar refractivity (Wildman–Crippen MR) is 208 cm³/mol. The van der Waals surface area contributed by atoms with Gasteiger partial charge in [-0.15, -0.1) is 0 Å². The Hall–Kier alpha value is -7.09. The molecule has 0 aliphatic heterocycles. The highest BCUT2D eigenvalue weighted by Gasteiger charge is 2.22. The first-order valence-corrected chi connectivity index (χ1v) is 17.0. The molecule has 0 N–H and O–H groups in total. The second-order valence-electron chi connectivity index (χ2n) is 12.8. The first-order chi connectivity index (χ1) is 25.3. The summed E-state index contributed by atoms with van der Waals surface area (Å²) in [6.45, 7) is 0. The van der Waals surface area contributed by atoms with Crippen LogP contribution in [-0.2, 0) is 0 Å². The molecule has 4 heteroatoms. The maximum atomic E-state index is 10.7. The minimum atomic E-state index is 0.540. The van der Waals surface area contributed by atoms with Gasteiger partial charge < -0.3 is 4.42 Å². The van der Waals surface area contributed by atoms with Gasteiger partial charge in [0.25, 0.3) is 0 Å². The second-order valence-corrected chi connectivity index (χ2v) is 12.8. The van der Waals surface area contributed by atoms with Crippen molar-refractivity contribution in [3.63, 3.8) is 0 Å². The zero-order chi connectivity index (χ0) is 33.9. The van der Waals surface area contributed by atoms with Gasteiger partial charge in [0.2, 0.25) is 0 Å². The highest BCUT2D eigenvalue weighted by atomic mass is 16.3. The molecule has 0 amide bonds. The van der Waals surface area contributed by atoms with Gasteiger partial charge in [-0.3, -0.25) is 0 Å². The summed E-state index contributed by atoms with van der Waals surface area (Å²) in [5.41, 5.74) is 11.3.